The molecule has 2 nitrogen and oxygen atoms in total. The van der Waals surface area contributed by atoms with Gasteiger partial charge in [-0.2, -0.15) is 0 Å². The molecule has 3 N–H and O–H groups in total. The molecule has 80 valence electrons. The Morgan fingerprint density at radius 1 is 1.31 bits per heavy atom. The van der Waals surface area contributed by atoms with Crippen LogP contribution in [0, 0.1) is 11.8 Å². The average Bonchev–Trinajstić information content (AvgIpc) is 2.11. The van der Waals surface area contributed by atoms with E-state index in [1.165, 1.54) is 19.3 Å². The van der Waals surface area contributed by atoms with Crippen molar-refractivity contribution >= 4 is 0 Å². The number of nitrogens with two attached hydrogens (primary N) is 1. The summed E-state index contributed by atoms with van der Waals surface area (Å²) >= 11 is 0. The summed E-state index contributed by atoms with van der Waals surface area (Å²) in [5.74, 6) is 1.50. The molecule has 0 saturated carbocycles. The van der Waals surface area contributed by atoms with Gasteiger partial charge in [-0.15, -0.1) is 0 Å². The van der Waals surface area contributed by atoms with Crippen molar-refractivity contribution in [2.45, 2.75) is 40.0 Å². The van der Waals surface area contributed by atoms with Crippen molar-refractivity contribution in [3.8, 4) is 0 Å². The lowest BCUT2D eigenvalue weighted by Gasteiger charge is -2.13. The molecule has 0 amide bonds. The molecule has 0 aliphatic carbocycles. The SMILES string of the molecule is CCC(CN)CNCCCC(C)C. The first-order valence-corrected chi connectivity index (χ1v) is 5.61. The molecule has 0 bridgehead atoms. The van der Waals surface area contributed by atoms with Gasteiger partial charge in [-0.1, -0.05) is 27.2 Å². The maximum atomic E-state index is 5.61. The highest BCUT2D eigenvalue weighted by molar-refractivity contribution is 4.61. The molecular formula is C11H26N2. The summed E-state index contributed by atoms with van der Waals surface area (Å²) in [4.78, 5) is 0. The van der Waals surface area contributed by atoms with Gasteiger partial charge in [0.05, 0.1) is 0 Å². The van der Waals surface area contributed by atoms with E-state index in [0.29, 0.717) is 5.92 Å². The lowest BCUT2D eigenvalue weighted by Crippen LogP contribution is -2.28. The van der Waals surface area contributed by atoms with E-state index in [9.17, 15) is 0 Å². The molecule has 0 rings (SSSR count). The smallest absolute Gasteiger partial charge is 0.000856 e. The van der Waals surface area contributed by atoms with Gasteiger partial charge in [0, 0.05) is 0 Å². The van der Waals surface area contributed by atoms with Crippen LogP contribution in [0.25, 0.3) is 0 Å². The molecule has 0 aromatic rings. The van der Waals surface area contributed by atoms with Crippen molar-refractivity contribution in [2.75, 3.05) is 19.6 Å². The molecule has 0 aromatic carbocycles. The zero-order valence-electron chi connectivity index (χ0n) is 9.47. The van der Waals surface area contributed by atoms with Crippen molar-refractivity contribution in [3.63, 3.8) is 0 Å². The maximum Gasteiger partial charge on any atom is -0.000856 e. The molecule has 0 aliphatic rings. The molecule has 0 saturated heterocycles. The van der Waals surface area contributed by atoms with E-state index in [1.807, 2.05) is 0 Å². The van der Waals surface area contributed by atoms with Gasteiger partial charge in [0.1, 0.15) is 0 Å². The Balaban J connectivity index is 3.14. The topological polar surface area (TPSA) is 38.0 Å². The third kappa shape index (κ3) is 8.26. The largest absolute Gasteiger partial charge is 0.330 e. The van der Waals surface area contributed by atoms with Gasteiger partial charge in [-0.3, -0.25) is 0 Å². The minimum Gasteiger partial charge on any atom is -0.330 e. The minimum absolute atomic E-state index is 0.666. The fourth-order valence-electron chi connectivity index (χ4n) is 1.34. The zero-order chi connectivity index (χ0) is 10.1. The van der Waals surface area contributed by atoms with Gasteiger partial charge in [0.25, 0.3) is 0 Å². The molecular weight excluding hydrogens is 160 g/mol. The van der Waals surface area contributed by atoms with E-state index in [-0.39, 0.29) is 0 Å². The molecule has 0 aliphatic heterocycles. The van der Waals surface area contributed by atoms with Crippen LogP contribution in [0.15, 0.2) is 0 Å². The van der Waals surface area contributed by atoms with Crippen molar-refractivity contribution < 1.29 is 0 Å². The number of hydrogen-bond acceptors (Lipinski definition) is 2. The van der Waals surface area contributed by atoms with Crippen LogP contribution in [0.5, 0.6) is 0 Å². The molecule has 2 heteroatoms. The summed E-state index contributed by atoms with van der Waals surface area (Å²) in [5, 5.41) is 3.46. The van der Waals surface area contributed by atoms with Crippen molar-refractivity contribution in [2.24, 2.45) is 17.6 Å². The first-order valence-electron chi connectivity index (χ1n) is 5.61. The number of hydrogen-bond donors (Lipinski definition) is 2. The molecule has 0 radical (unpaired) electrons. The number of rotatable bonds is 8. The Kier molecular flexibility index (Phi) is 8.46. The van der Waals surface area contributed by atoms with E-state index < -0.39 is 0 Å². The van der Waals surface area contributed by atoms with Crippen LogP contribution >= 0.6 is 0 Å². The quantitative estimate of drug-likeness (QED) is 0.569. The summed E-state index contributed by atoms with van der Waals surface area (Å²) in [6.07, 6.45) is 3.80. The zero-order valence-corrected chi connectivity index (χ0v) is 9.47. The van der Waals surface area contributed by atoms with E-state index >= 15 is 0 Å². The monoisotopic (exact) mass is 186 g/mol. The molecule has 1 atom stereocenters. The highest BCUT2D eigenvalue weighted by Crippen LogP contribution is 2.02. The molecule has 0 aromatic heterocycles. The highest BCUT2D eigenvalue weighted by Gasteiger charge is 2.01. The van der Waals surface area contributed by atoms with Gasteiger partial charge in [-0.05, 0) is 44.3 Å². The predicted molar refractivity (Wildman–Crippen MR) is 59.8 cm³/mol. The molecule has 0 spiro atoms. The normalized spacial score (nSPS) is 13.6. The van der Waals surface area contributed by atoms with Crippen molar-refractivity contribution in [3.05, 3.63) is 0 Å². The lowest BCUT2D eigenvalue weighted by atomic mass is 10.1. The summed E-state index contributed by atoms with van der Waals surface area (Å²) in [6, 6.07) is 0. The Morgan fingerprint density at radius 3 is 2.46 bits per heavy atom. The Hall–Kier alpha value is -0.0800. The van der Waals surface area contributed by atoms with Crippen molar-refractivity contribution in [1.29, 1.82) is 0 Å². The Morgan fingerprint density at radius 2 is 2.00 bits per heavy atom. The van der Waals surface area contributed by atoms with E-state index in [2.05, 4.69) is 26.1 Å². The van der Waals surface area contributed by atoms with Gasteiger partial charge in [-0.25, -0.2) is 0 Å². The minimum atomic E-state index is 0.666. The van der Waals surface area contributed by atoms with Crippen LogP contribution in [-0.4, -0.2) is 19.6 Å². The van der Waals surface area contributed by atoms with Crippen LogP contribution in [-0.2, 0) is 0 Å². The Bertz CT molecular complexity index is 98.3. The van der Waals surface area contributed by atoms with Crippen LogP contribution in [0.2, 0.25) is 0 Å². The highest BCUT2D eigenvalue weighted by atomic mass is 14.9. The fourth-order valence-corrected chi connectivity index (χ4v) is 1.34. The van der Waals surface area contributed by atoms with Crippen LogP contribution in [0.4, 0.5) is 0 Å². The maximum absolute atomic E-state index is 5.61. The van der Waals surface area contributed by atoms with E-state index in [4.69, 9.17) is 5.73 Å². The van der Waals surface area contributed by atoms with Crippen LogP contribution < -0.4 is 11.1 Å². The summed E-state index contributed by atoms with van der Waals surface area (Å²) in [6.45, 7) is 9.80. The first kappa shape index (κ1) is 12.9. The molecule has 0 heterocycles. The predicted octanol–water partition coefficient (Wildman–Crippen LogP) is 2.00. The van der Waals surface area contributed by atoms with Crippen LogP contribution in [0.1, 0.15) is 40.0 Å². The van der Waals surface area contributed by atoms with Crippen LogP contribution in [0.3, 0.4) is 0 Å². The van der Waals surface area contributed by atoms with Gasteiger partial charge in [0.2, 0.25) is 0 Å². The van der Waals surface area contributed by atoms with Crippen molar-refractivity contribution in [1.82, 2.24) is 5.32 Å². The second-order valence-electron chi connectivity index (χ2n) is 4.25. The van der Waals surface area contributed by atoms with Gasteiger partial charge in [0.15, 0.2) is 0 Å². The van der Waals surface area contributed by atoms with E-state index in [0.717, 1.165) is 25.6 Å². The lowest BCUT2D eigenvalue weighted by molar-refractivity contribution is 0.454. The third-order valence-corrected chi connectivity index (χ3v) is 2.48. The third-order valence-electron chi connectivity index (χ3n) is 2.48. The second-order valence-corrected chi connectivity index (χ2v) is 4.25. The molecule has 0 fully saturated rings. The molecule has 13 heavy (non-hydrogen) atoms. The van der Waals surface area contributed by atoms with Gasteiger partial charge < -0.3 is 11.1 Å². The number of nitrogens with one attached hydrogen (secondary N) is 1. The van der Waals surface area contributed by atoms with E-state index in [1.54, 1.807) is 0 Å². The molecule has 1 unspecified atom stereocenters. The van der Waals surface area contributed by atoms with Gasteiger partial charge >= 0.3 is 0 Å². The first-order chi connectivity index (χ1) is 6.20. The summed E-state index contributed by atoms with van der Waals surface area (Å²) in [7, 11) is 0. The average molecular weight is 186 g/mol. The summed E-state index contributed by atoms with van der Waals surface area (Å²) in [5.41, 5.74) is 5.61. The Labute approximate surface area is 83.3 Å². The standard InChI is InChI=1S/C11H26N2/c1-4-11(8-12)9-13-7-5-6-10(2)3/h10-11,13H,4-9,12H2,1-3H3. The summed E-state index contributed by atoms with van der Waals surface area (Å²) < 4.78 is 0. The second kappa shape index (κ2) is 8.52. The fraction of sp³-hybridized carbons (Fsp3) is 1.00.